The molecule has 1 N–H and O–H groups in total. The van der Waals surface area contributed by atoms with Gasteiger partial charge in [-0.1, -0.05) is 12.1 Å². The molecule has 2 rings (SSSR count). The number of methoxy groups -OCH3 is 1. The SMILES string of the molecule is COC(=O)c1cccc(NC(=O)CN(Cc2cccnc2)S(C)(=O)=O)c1. The van der Waals surface area contributed by atoms with Crippen LogP contribution >= 0.6 is 0 Å². The Bertz CT molecular complexity index is 884. The minimum atomic E-state index is -3.61. The Labute approximate surface area is 151 Å². The lowest BCUT2D eigenvalue weighted by Crippen LogP contribution is -2.36. The van der Waals surface area contributed by atoms with Crippen LogP contribution in [0.15, 0.2) is 48.8 Å². The molecule has 1 aromatic carbocycles. The fraction of sp³-hybridized carbons (Fsp3) is 0.235. The topological polar surface area (TPSA) is 106 Å². The lowest BCUT2D eigenvalue weighted by molar-refractivity contribution is -0.116. The van der Waals surface area contributed by atoms with Gasteiger partial charge in [0.25, 0.3) is 0 Å². The van der Waals surface area contributed by atoms with Crippen LogP contribution in [0.3, 0.4) is 0 Å². The maximum absolute atomic E-state index is 12.3. The molecule has 0 radical (unpaired) electrons. The Hall–Kier alpha value is -2.78. The number of nitrogens with one attached hydrogen (secondary N) is 1. The van der Waals surface area contributed by atoms with E-state index in [0.717, 1.165) is 10.6 Å². The van der Waals surface area contributed by atoms with Gasteiger partial charge in [0, 0.05) is 24.6 Å². The van der Waals surface area contributed by atoms with Crippen LogP contribution in [-0.4, -0.2) is 49.5 Å². The number of nitrogens with zero attached hydrogens (tertiary/aromatic N) is 2. The maximum Gasteiger partial charge on any atom is 0.337 e. The van der Waals surface area contributed by atoms with Crippen molar-refractivity contribution in [2.45, 2.75) is 6.54 Å². The maximum atomic E-state index is 12.3. The Kier molecular flexibility index (Phi) is 6.42. The molecule has 26 heavy (non-hydrogen) atoms. The molecule has 1 heterocycles. The number of hydrogen-bond acceptors (Lipinski definition) is 6. The van der Waals surface area contributed by atoms with Gasteiger partial charge in [0.05, 0.1) is 25.5 Å². The molecule has 0 fully saturated rings. The van der Waals surface area contributed by atoms with Crippen LogP contribution in [0.5, 0.6) is 0 Å². The summed E-state index contributed by atoms with van der Waals surface area (Å²) in [4.78, 5) is 27.7. The quantitative estimate of drug-likeness (QED) is 0.729. The van der Waals surface area contributed by atoms with E-state index in [-0.39, 0.29) is 18.7 Å². The van der Waals surface area contributed by atoms with E-state index in [0.29, 0.717) is 11.3 Å². The summed E-state index contributed by atoms with van der Waals surface area (Å²) in [6, 6.07) is 9.60. The van der Waals surface area contributed by atoms with Crippen molar-refractivity contribution < 1.29 is 22.7 Å². The molecule has 8 nitrogen and oxygen atoms in total. The van der Waals surface area contributed by atoms with Crippen molar-refractivity contribution in [1.29, 1.82) is 0 Å². The Morgan fingerprint density at radius 1 is 1.23 bits per heavy atom. The molecule has 0 saturated carbocycles. The minimum absolute atomic E-state index is 0.0301. The van der Waals surface area contributed by atoms with E-state index < -0.39 is 21.9 Å². The van der Waals surface area contributed by atoms with Gasteiger partial charge in [0.1, 0.15) is 0 Å². The first-order chi connectivity index (χ1) is 12.3. The molecule has 0 spiro atoms. The van der Waals surface area contributed by atoms with Crippen molar-refractivity contribution in [3.8, 4) is 0 Å². The smallest absolute Gasteiger partial charge is 0.337 e. The van der Waals surface area contributed by atoms with E-state index in [1.807, 2.05) is 0 Å². The lowest BCUT2D eigenvalue weighted by Gasteiger charge is -2.19. The predicted molar refractivity (Wildman–Crippen MR) is 95.9 cm³/mol. The molecule has 2 aromatic rings. The van der Waals surface area contributed by atoms with Gasteiger partial charge in [0.2, 0.25) is 15.9 Å². The number of benzene rings is 1. The number of ether oxygens (including phenoxy) is 1. The molecule has 1 amide bonds. The molecule has 0 unspecified atom stereocenters. The van der Waals surface area contributed by atoms with Crippen molar-refractivity contribution in [2.75, 3.05) is 25.2 Å². The van der Waals surface area contributed by atoms with Gasteiger partial charge in [-0.25, -0.2) is 13.2 Å². The number of esters is 1. The highest BCUT2D eigenvalue weighted by Crippen LogP contribution is 2.13. The summed E-state index contributed by atoms with van der Waals surface area (Å²) in [5, 5.41) is 2.58. The summed E-state index contributed by atoms with van der Waals surface area (Å²) in [6.07, 6.45) is 4.15. The number of sulfonamides is 1. The third kappa shape index (κ3) is 5.64. The third-order valence-corrected chi connectivity index (χ3v) is 4.63. The van der Waals surface area contributed by atoms with Crippen molar-refractivity contribution in [3.05, 3.63) is 59.9 Å². The second kappa shape index (κ2) is 8.54. The van der Waals surface area contributed by atoms with Crippen LogP contribution < -0.4 is 5.32 Å². The number of amides is 1. The van der Waals surface area contributed by atoms with Gasteiger partial charge >= 0.3 is 5.97 Å². The van der Waals surface area contributed by atoms with E-state index in [2.05, 4.69) is 15.0 Å². The van der Waals surface area contributed by atoms with Gasteiger partial charge in [-0.05, 0) is 29.8 Å². The highest BCUT2D eigenvalue weighted by molar-refractivity contribution is 7.88. The first-order valence-electron chi connectivity index (χ1n) is 7.62. The predicted octanol–water partition coefficient (Wildman–Crippen LogP) is 1.27. The van der Waals surface area contributed by atoms with Crippen LogP contribution in [0.25, 0.3) is 0 Å². The van der Waals surface area contributed by atoms with Gasteiger partial charge in [-0.15, -0.1) is 0 Å². The van der Waals surface area contributed by atoms with Crippen LogP contribution in [0.1, 0.15) is 15.9 Å². The van der Waals surface area contributed by atoms with E-state index in [9.17, 15) is 18.0 Å². The van der Waals surface area contributed by atoms with Crippen LogP contribution in [-0.2, 0) is 26.1 Å². The average molecular weight is 377 g/mol. The number of hydrogen-bond donors (Lipinski definition) is 1. The monoisotopic (exact) mass is 377 g/mol. The average Bonchev–Trinajstić information content (AvgIpc) is 2.60. The van der Waals surface area contributed by atoms with Gasteiger partial charge < -0.3 is 10.1 Å². The summed E-state index contributed by atoms with van der Waals surface area (Å²) < 4.78 is 29.6. The number of anilines is 1. The largest absolute Gasteiger partial charge is 0.465 e. The van der Waals surface area contributed by atoms with Gasteiger partial charge in [-0.2, -0.15) is 4.31 Å². The Morgan fingerprint density at radius 3 is 2.62 bits per heavy atom. The Morgan fingerprint density at radius 2 is 2.00 bits per heavy atom. The fourth-order valence-electron chi connectivity index (χ4n) is 2.19. The summed E-state index contributed by atoms with van der Waals surface area (Å²) in [5.41, 5.74) is 1.31. The normalized spacial score (nSPS) is 11.2. The van der Waals surface area contributed by atoms with Crippen molar-refractivity contribution in [3.63, 3.8) is 0 Å². The van der Waals surface area contributed by atoms with E-state index in [4.69, 9.17) is 0 Å². The van der Waals surface area contributed by atoms with Crippen LogP contribution in [0, 0.1) is 0 Å². The second-order valence-corrected chi connectivity index (χ2v) is 7.50. The summed E-state index contributed by atoms with van der Waals surface area (Å²) in [5.74, 6) is -1.06. The minimum Gasteiger partial charge on any atom is -0.465 e. The zero-order valence-electron chi connectivity index (χ0n) is 14.4. The van der Waals surface area contributed by atoms with E-state index >= 15 is 0 Å². The second-order valence-electron chi connectivity index (χ2n) is 5.51. The number of aromatic nitrogens is 1. The molecule has 0 bridgehead atoms. The standard InChI is InChI=1S/C17H19N3O5S/c1-25-17(22)14-6-3-7-15(9-14)19-16(21)12-20(26(2,23)24)11-13-5-4-8-18-10-13/h3-10H,11-12H2,1-2H3,(H,19,21). The summed E-state index contributed by atoms with van der Waals surface area (Å²) in [7, 11) is -2.35. The number of pyridine rings is 1. The van der Waals surface area contributed by atoms with Gasteiger partial charge in [-0.3, -0.25) is 9.78 Å². The summed E-state index contributed by atoms with van der Waals surface area (Å²) >= 11 is 0. The number of carbonyl (C=O) groups is 2. The van der Waals surface area contributed by atoms with Crippen LogP contribution in [0.4, 0.5) is 5.69 Å². The molecule has 0 aliphatic carbocycles. The van der Waals surface area contributed by atoms with Gasteiger partial charge in [0.15, 0.2) is 0 Å². The lowest BCUT2D eigenvalue weighted by atomic mass is 10.2. The molecule has 0 aliphatic rings. The highest BCUT2D eigenvalue weighted by atomic mass is 32.2. The van der Waals surface area contributed by atoms with Crippen molar-refractivity contribution in [2.24, 2.45) is 0 Å². The summed E-state index contributed by atoms with van der Waals surface area (Å²) in [6.45, 7) is -0.335. The first kappa shape index (κ1) is 19.5. The van der Waals surface area contributed by atoms with Crippen molar-refractivity contribution >= 4 is 27.6 Å². The molecule has 0 atom stereocenters. The van der Waals surface area contributed by atoms with Crippen LogP contribution in [0.2, 0.25) is 0 Å². The molecule has 138 valence electrons. The molecule has 9 heteroatoms. The molecule has 1 aromatic heterocycles. The number of carbonyl (C=O) groups excluding carboxylic acids is 2. The zero-order valence-corrected chi connectivity index (χ0v) is 15.2. The van der Waals surface area contributed by atoms with E-state index in [1.165, 1.54) is 19.4 Å². The molecule has 0 saturated heterocycles. The highest BCUT2D eigenvalue weighted by Gasteiger charge is 2.21. The number of rotatable bonds is 7. The third-order valence-electron chi connectivity index (χ3n) is 3.44. The van der Waals surface area contributed by atoms with E-state index in [1.54, 1.807) is 36.5 Å². The Balaban J connectivity index is 2.09. The molecular formula is C17H19N3O5S. The molecular weight excluding hydrogens is 358 g/mol. The molecule has 0 aliphatic heterocycles. The van der Waals surface area contributed by atoms with Crippen molar-refractivity contribution in [1.82, 2.24) is 9.29 Å². The fourth-order valence-corrected chi connectivity index (χ4v) is 2.92. The zero-order chi connectivity index (χ0) is 19.2. The first-order valence-corrected chi connectivity index (χ1v) is 9.46.